The second-order valence-corrected chi connectivity index (χ2v) is 6.51. The standard InChI is InChI=1S/C18H17FN4O3/c19-13-3-1-12(2-4-13)15-14-16(20-11-21-17(14)26-22-15)23-7-5-18(6-8-23)24-9-10-25-18/h1-4,11H,5-10H2. The number of ether oxygens (including phenoxy) is 2. The lowest BCUT2D eigenvalue weighted by molar-refractivity contribution is -0.169. The smallest absolute Gasteiger partial charge is 0.263 e. The average molecular weight is 356 g/mol. The number of piperidine rings is 1. The van der Waals surface area contributed by atoms with Gasteiger partial charge >= 0.3 is 0 Å². The Morgan fingerprint density at radius 1 is 1.00 bits per heavy atom. The molecule has 1 aromatic carbocycles. The number of fused-ring (bicyclic) bond motifs is 1. The highest BCUT2D eigenvalue weighted by molar-refractivity contribution is 5.97. The van der Waals surface area contributed by atoms with E-state index in [1.165, 1.54) is 18.5 Å². The van der Waals surface area contributed by atoms with E-state index < -0.39 is 5.79 Å². The molecule has 0 aliphatic carbocycles. The molecule has 0 bridgehead atoms. The van der Waals surface area contributed by atoms with Crippen LogP contribution >= 0.6 is 0 Å². The van der Waals surface area contributed by atoms with Gasteiger partial charge in [0, 0.05) is 31.5 Å². The molecule has 1 spiro atoms. The first kappa shape index (κ1) is 15.7. The van der Waals surface area contributed by atoms with Crippen molar-refractivity contribution in [2.75, 3.05) is 31.2 Å². The Morgan fingerprint density at radius 3 is 2.46 bits per heavy atom. The molecule has 0 unspecified atom stereocenters. The minimum absolute atomic E-state index is 0.295. The maximum atomic E-state index is 13.3. The monoisotopic (exact) mass is 356 g/mol. The molecular formula is C18H17FN4O3. The molecule has 0 saturated carbocycles. The van der Waals surface area contributed by atoms with E-state index >= 15 is 0 Å². The van der Waals surface area contributed by atoms with Crippen molar-refractivity contribution < 1.29 is 18.4 Å². The summed E-state index contributed by atoms with van der Waals surface area (Å²) in [5.41, 5.74) is 1.80. The average Bonchev–Trinajstić information content (AvgIpc) is 3.30. The van der Waals surface area contributed by atoms with Crippen LogP contribution in [0.2, 0.25) is 0 Å². The van der Waals surface area contributed by atoms with Crippen LogP contribution in [-0.2, 0) is 9.47 Å². The SMILES string of the molecule is Fc1ccc(-c2noc3ncnc(N4CCC5(CC4)OCCO5)c23)cc1. The van der Waals surface area contributed by atoms with Gasteiger partial charge in [0.1, 0.15) is 29.0 Å². The van der Waals surface area contributed by atoms with Crippen LogP contribution in [0, 0.1) is 5.82 Å². The van der Waals surface area contributed by atoms with Gasteiger partial charge < -0.3 is 18.9 Å². The summed E-state index contributed by atoms with van der Waals surface area (Å²) in [6, 6.07) is 6.15. The molecule has 26 heavy (non-hydrogen) atoms. The minimum Gasteiger partial charge on any atom is -0.355 e. The quantitative estimate of drug-likeness (QED) is 0.699. The van der Waals surface area contributed by atoms with Crippen molar-refractivity contribution in [3.8, 4) is 11.3 Å². The molecule has 3 aromatic rings. The van der Waals surface area contributed by atoms with Gasteiger partial charge in [-0.1, -0.05) is 5.16 Å². The van der Waals surface area contributed by atoms with Crippen LogP contribution in [0.4, 0.5) is 10.2 Å². The normalized spacial score (nSPS) is 19.5. The van der Waals surface area contributed by atoms with Crippen LogP contribution in [0.3, 0.4) is 0 Å². The minimum atomic E-state index is -0.447. The van der Waals surface area contributed by atoms with Crippen molar-refractivity contribution in [1.29, 1.82) is 0 Å². The lowest BCUT2D eigenvalue weighted by atomic mass is 10.0. The molecule has 134 valence electrons. The second-order valence-electron chi connectivity index (χ2n) is 6.51. The van der Waals surface area contributed by atoms with E-state index in [1.807, 2.05) is 0 Å². The molecule has 5 rings (SSSR count). The summed E-state index contributed by atoms with van der Waals surface area (Å²) in [6.45, 7) is 2.80. The summed E-state index contributed by atoms with van der Waals surface area (Å²) in [7, 11) is 0. The van der Waals surface area contributed by atoms with Gasteiger partial charge in [0.2, 0.25) is 0 Å². The number of hydrogen-bond donors (Lipinski definition) is 0. The second kappa shape index (κ2) is 6.00. The molecule has 8 heteroatoms. The molecule has 0 atom stereocenters. The highest BCUT2D eigenvalue weighted by Crippen LogP contribution is 2.37. The number of halogens is 1. The fourth-order valence-electron chi connectivity index (χ4n) is 3.66. The zero-order chi connectivity index (χ0) is 17.6. The number of rotatable bonds is 2. The summed E-state index contributed by atoms with van der Waals surface area (Å²) in [5.74, 6) is 0.0243. The lowest BCUT2D eigenvalue weighted by Crippen LogP contribution is -2.45. The topological polar surface area (TPSA) is 73.5 Å². The van der Waals surface area contributed by atoms with Gasteiger partial charge in [-0.3, -0.25) is 0 Å². The Bertz CT molecular complexity index is 927. The van der Waals surface area contributed by atoms with Crippen molar-refractivity contribution in [1.82, 2.24) is 15.1 Å². The van der Waals surface area contributed by atoms with Gasteiger partial charge in [-0.2, -0.15) is 4.98 Å². The van der Waals surface area contributed by atoms with E-state index in [2.05, 4.69) is 20.0 Å². The summed E-state index contributed by atoms with van der Waals surface area (Å²) >= 11 is 0. The Hall–Kier alpha value is -2.58. The first-order valence-corrected chi connectivity index (χ1v) is 8.63. The number of aromatic nitrogens is 3. The molecule has 2 saturated heterocycles. The molecule has 0 N–H and O–H groups in total. The van der Waals surface area contributed by atoms with E-state index in [-0.39, 0.29) is 5.82 Å². The van der Waals surface area contributed by atoms with Gasteiger partial charge in [-0.15, -0.1) is 0 Å². The molecule has 2 aliphatic rings. The number of benzene rings is 1. The largest absolute Gasteiger partial charge is 0.355 e. The molecule has 7 nitrogen and oxygen atoms in total. The Labute approximate surface area is 148 Å². The van der Waals surface area contributed by atoms with Crippen LogP contribution < -0.4 is 4.90 Å². The fourth-order valence-corrected chi connectivity index (χ4v) is 3.66. The lowest BCUT2D eigenvalue weighted by Gasteiger charge is -2.38. The predicted molar refractivity (Wildman–Crippen MR) is 91.1 cm³/mol. The van der Waals surface area contributed by atoms with Gasteiger partial charge in [0.25, 0.3) is 5.71 Å². The maximum Gasteiger partial charge on any atom is 0.263 e. The summed E-state index contributed by atoms with van der Waals surface area (Å²) in [4.78, 5) is 10.8. The molecule has 2 aliphatic heterocycles. The van der Waals surface area contributed by atoms with Crippen molar-refractivity contribution in [3.63, 3.8) is 0 Å². The Morgan fingerprint density at radius 2 is 1.73 bits per heavy atom. The zero-order valence-electron chi connectivity index (χ0n) is 14.0. The fraction of sp³-hybridized carbons (Fsp3) is 0.389. The molecular weight excluding hydrogens is 339 g/mol. The third kappa shape index (κ3) is 2.53. The van der Waals surface area contributed by atoms with Crippen LogP contribution in [0.5, 0.6) is 0 Å². The highest BCUT2D eigenvalue weighted by atomic mass is 19.1. The third-order valence-corrected chi connectivity index (χ3v) is 5.01. The third-order valence-electron chi connectivity index (χ3n) is 5.01. The van der Waals surface area contributed by atoms with Gasteiger partial charge in [-0.05, 0) is 24.3 Å². The van der Waals surface area contributed by atoms with Crippen LogP contribution in [0.1, 0.15) is 12.8 Å². The van der Waals surface area contributed by atoms with Crippen molar-refractivity contribution in [2.45, 2.75) is 18.6 Å². The van der Waals surface area contributed by atoms with Gasteiger partial charge in [0.05, 0.1) is 13.2 Å². The van der Waals surface area contributed by atoms with Crippen molar-refractivity contribution in [3.05, 3.63) is 36.4 Å². The molecule has 0 radical (unpaired) electrons. The van der Waals surface area contributed by atoms with E-state index in [1.54, 1.807) is 12.1 Å². The van der Waals surface area contributed by atoms with Crippen molar-refractivity contribution >= 4 is 16.9 Å². The number of anilines is 1. The van der Waals surface area contributed by atoms with E-state index in [4.69, 9.17) is 14.0 Å². The molecule has 2 fully saturated rings. The van der Waals surface area contributed by atoms with Gasteiger partial charge in [0.15, 0.2) is 5.79 Å². The van der Waals surface area contributed by atoms with E-state index in [0.29, 0.717) is 24.6 Å². The number of hydrogen-bond acceptors (Lipinski definition) is 7. The van der Waals surface area contributed by atoms with E-state index in [0.717, 1.165) is 42.7 Å². The first-order chi connectivity index (χ1) is 12.7. The zero-order valence-corrected chi connectivity index (χ0v) is 14.0. The van der Waals surface area contributed by atoms with Crippen LogP contribution in [0.25, 0.3) is 22.4 Å². The highest BCUT2D eigenvalue weighted by Gasteiger charge is 2.40. The molecule has 4 heterocycles. The van der Waals surface area contributed by atoms with E-state index in [9.17, 15) is 4.39 Å². The van der Waals surface area contributed by atoms with Gasteiger partial charge in [-0.25, -0.2) is 9.37 Å². The summed E-state index contributed by atoms with van der Waals surface area (Å²) in [6.07, 6.45) is 3.02. The van der Waals surface area contributed by atoms with Crippen LogP contribution in [0.15, 0.2) is 35.1 Å². The van der Waals surface area contributed by atoms with Crippen LogP contribution in [-0.4, -0.2) is 47.2 Å². The first-order valence-electron chi connectivity index (χ1n) is 8.63. The number of nitrogens with zero attached hydrogens (tertiary/aromatic N) is 4. The van der Waals surface area contributed by atoms with Crippen molar-refractivity contribution in [2.24, 2.45) is 0 Å². The molecule has 0 amide bonds. The maximum absolute atomic E-state index is 13.3. The predicted octanol–water partition coefficient (Wildman–Crippen LogP) is 2.77. The summed E-state index contributed by atoms with van der Waals surface area (Å²) in [5, 5.41) is 4.88. The summed E-state index contributed by atoms with van der Waals surface area (Å²) < 4.78 is 30.2. The Kier molecular flexibility index (Phi) is 3.61. The Balaban J connectivity index is 1.52. The molecule has 2 aromatic heterocycles.